The molecule has 2 amide bonds. The summed E-state index contributed by atoms with van der Waals surface area (Å²) in [5.41, 5.74) is 0.0493. The number of methoxy groups -OCH3 is 1. The summed E-state index contributed by atoms with van der Waals surface area (Å²) >= 11 is 0. The maximum Gasteiger partial charge on any atom is 0.319 e. The normalized spacial score (nSPS) is 18.7. The lowest BCUT2D eigenvalue weighted by Gasteiger charge is -2.42. The number of nitrogens with zero attached hydrogens (tertiary/aromatic N) is 2. The first-order valence-electron chi connectivity index (χ1n) is 8.19. The second kappa shape index (κ2) is 8.48. The van der Waals surface area contributed by atoms with Crippen molar-refractivity contribution in [3.63, 3.8) is 0 Å². The average molecular weight is 366 g/mol. The molecule has 142 valence electrons. The number of hydrogen-bond acceptors (Lipinski definition) is 6. The van der Waals surface area contributed by atoms with Crippen LogP contribution in [0.1, 0.15) is 19.8 Å². The molecule has 0 aromatic heterocycles. The zero-order chi connectivity index (χ0) is 19.3. The topological polar surface area (TPSA) is 134 Å². The number of carboxylic acids is 1. The number of amides is 2. The Hall–Kier alpha value is -2.88. The Morgan fingerprint density at radius 3 is 2.65 bits per heavy atom. The molecule has 0 bridgehead atoms. The highest BCUT2D eigenvalue weighted by atomic mass is 16.6. The molecule has 1 saturated carbocycles. The van der Waals surface area contributed by atoms with Crippen LogP contribution in [0.3, 0.4) is 0 Å². The Morgan fingerprint density at radius 1 is 1.42 bits per heavy atom. The number of carbonyl (C=O) groups excluding carboxylic acids is 1. The van der Waals surface area contributed by atoms with Crippen molar-refractivity contribution in [3.8, 4) is 5.75 Å². The summed E-state index contributed by atoms with van der Waals surface area (Å²) in [6.45, 7) is 2.50. The van der Waals surface area contributed by atoms with Crippen molar-refractivity contribution in [3.05, 3.63) is 28.3 Å². The van der Waals surface area contributed by atoms with Gasteiger partial charge in [0.25, 0.3) is 5.69 Å². The van der Waals surface area contributed by atoms with Crippen molar-refractivity contribution in [2.24, 2.45) is 0 Å². The van der Waals surface area contributed by atoms with Crippen molar-refractivity contribution < 1.29 is 24.4 Å². The number of hydrogen-bond donors (Lipinski definition) is 3. The van der Waals surface area contributed by atoms with Gasteiger partial charge < -0.3 is 20.5 Å². The van der Waals surface area contributed by atoms with Crippen LogP contribution in [0.15, 0.2) is 18.2 Å². The number of non-ortho nitro benzene ring substituents is 1. The SMILES string of the molecule is CCN(CC(=O)O)C1CC(NC(=O)Nc2cc([N+](=O)[O-])ccc2OC)C1. The minimum Gasteiger partial charge on any atom is -0.495 e. The molecule has 3 N–H and O–H groups in total. The first kappa shape index (κ1) is 19.4. The molecule has 1 aromatic carbocycles. The van der Waals surface area contributed by atoms with Crippen LogP contribution < -0.4 is 15.4 Å². The van der Waals surface area contributed by atoms with Crippen LogP contribution in [-0.4, -0.2) is 59.2 Å². The monoisotopic (exact) mass is 366 g/mol. The average Bonchev–Trinajstić information content (AvgIpc) is 2.55. The smallest absolute Gasteiger partial charge is 0.319 e. The quantitative estimate of drug-likeness (QED) is 0.470. The largest absolute Gasteiger partial charge is 0.495 e. The number of nitrogens with one attached hydrogen (secondary N) is 2. The lowest BCUT2D eigenvalue weighted by Crippen LogP contribution is -2.55. The number of carboxylic acid groups (broad SMARTS) is 1. The minimum absolute atomic E-state index is 0.0229. The van der Waals surface area contributed by atoms with E-state index in [2.05, 4.69) is 10.6 Å². The number of urea groups is 1. The van der Waals surface area contributed by atoms with Gasteiger partial charge in [-0.25, -0.2) is 4.79 Å². The zero-order valence-electron chi connectivity index (χ0n) is 14.6. The van der Waals surface area contributed by atoms with Crippen molar-refractivity contribution >= 4 is 23.4 Å². The van der Waals surface area contributed by atoms with Crippen LogP contribution in [-0.2, 0) is 4.79 Å². The van der Waals surface area contributed by atoms with E-state index in [1.807, 2.05) is 11.8 Å². The van der Waals surface area contributed by atoms with E-state index >= 15 is 0 Å². The third kappa shape index (κ3) is 4.82. The van der Waals surface area contributed by atoms with E-state index in [9.17, 15) is 19.7 Å². The molecule has 0 radical (unpaired) electrons. The molecule has 0 atom stereocenters. The van der Waals surface area contributed by atoms with Crippen LogP contribution >= 0.6 is 0 Å². The number of likely N-dealkylation sites (N-methyl/N-ethyl adjacent to an activating group) is 1. The van der Waals surface area contributed by atoms with Crippen molar-refractivity contribution in [1.82, 2.24) is 10.2 Å². The van der Waals surface area contributed by atoms with Crippen LogP contribution in [0.4, 0.5) is 16.2 Å². The summed E-state index contributed by atoms with van der Waals surface area (Å²) in [6.07, 6.45) is 1.31. The van der Waals surface area contributed by atoms with Gasteiger partial charge in [-0.05, 0) is 25.5 Å². The maximum absolute atomic E-state index is 12.1. The molecule has 0 spiro atoms. The first-order valence-corrected chi connectivity index (χ1v) is 8.19. The molecule has 10 nitrogen and oxygen atoms in total. The fourth-order valence-electron chi connectivity index (χ4n) is 2.93. The molecular formula is C16H22N4O6. The van der Waals surface area contributed by atoms with Gasteiger partial charge in [0, 0.05) is 24.2 Å². The van der Waals surface area contributed by atoms with Gasteiger partial charge in [-0.3, -0.25) is 19.8 Å². The van der Waals surface area contributed by atoms with Crippen LogP contribution in [0, 0.1) is 10.1 Å². The number of rotatable bonds is 8. The number of aliphatic carboxylic acids is 1. The first-order chi connectivity index (χ1) is 12.3. The Morgan fingerprint density at radius 2 is 2.12 bits per heavy atom. The Labute approximate surface area is 150 Å². The highest BCUT2D eigenvalue weighted by Gasteiger charge is 2.34. The summed E-state index contributed by atoms with van der Waals surface area (Å²) in [6, 6.07) is 3.49. The summed E-state index contributed by atoms with van der Waals surface area (Å²) in [7, 11) is 1.41. The van der Waals surface area contributed by atoms with Crippen molar-refractivity contribution in [2.75, 3.05) is 25.5 Å². The van der Waals surface area contributed by atoms with Gasteiger partial charge >= 0.3 is 12.0 Å². The van der Waals surface area contributed by atoms with E-state index in [-0.39, 0.29) is 30.0 Å². The van der Waals surface area contributed by atoms with Gasteiger partial charge in [0.05, 0.1) is 24.3 Å². The molecule has 2 rings (SSSR count). The summed E-state index contributed by atoms with van der Waals surface area (Å²) in [5, 5.41) is 25.1. The number of benzene rings is 1. The maximum atomic E-state index is 12.1. The molecule has 0 unspecified atom stereocenters. The molecule has 0 heterocycles. The van der Waals surface area contributed by atoms with E-state index in [1.54, 1.807) is 0 Å². The lowest BCUT2D eigenvalue weighted by molar-refractivity contribution is -0.384. The minimum atomic E-state index is -0.876. The predicted octanol–water partition coefficient (Wildman–Crippen LogP) is 1.66. The molecule has 1 fully saturated rings. The van der Waals surface area contributed by atoms with Gasteiger partial charge in [-0.2, -0.15) is 0 Å². The molecule has 26 heavy (non-hydrogen) atoms. The molecule has 1 aromatic rings. The summed E-state index contributed by atoms with van der Waals surface area (Å²) < 4.78 is 5.10. The standard InChI is InChI=1S/C16H22N4O6/c1-3-19(9-15(21)22)12-6-10(7-12)17-16(23)18-13-8-11(20(24)25)4-5-14(13)26-2/h4-5,8,10,12H,3,6-7,9H2,1-2H3,(H,21,22)(H2,17,18,23). The zero-order valence-corrected chi connectivity index (χ0v) is 14.6. The van der Waals surface area contributed by atoms with Gasteiger partial charge in [-0.15, -0.1) is 0 Å². The van der Waals surface area contributed by atoms with E-state index in [0.717, 1.165) is 0 Å². The lowest BCUT2D eigenvalue weighted by atomic mass is 9.85. The van der Waals surface area contributed by atoms with Crippen LogP contribution in [0.25, 0.3) is 0 Å². The third-order valence-corrected chi connectivity index (χ3v) is 4.35. The number of nitro benzene ring substituents is 1. The highest BCUT2D eigenvalue weighted by molar-refractivity contribution is 5.91. The number of anilines is 1. The van der Waals surface area contributed by atoms with Crippen molar-refractivity contribution in [1.29, 1.82) is 0 Å². The second-order valence-electron chi connectivity index (χ2n) is 6.02. The number of ether oxygens (including phenoxy) is 1. The Bertz CT molecular complexity index is 689. The van der Waals surface area contributed by atoms with Gasteiger partial charge in [0.15, 0.2) is 0 Å². The predicted molar refractivity (Wildman–Crippen MR) is 93.5 cm³/mol. The molecular weight excluding hydrogens is 344 g/mol. The number of carbonyl (C=O) groups is 2. The highest BCUT2D eigenvalue weighted by Crippen LogP contribution is 2.29. The van der Waals surface area contributed by atoms with E-state index < -0.39 is 16.9 Å². The molecule has 1 aliphatic rings. The van der Waals surface area contributed by atoms with E-state index in [0.29, 0.717) is 25.1 Å². The summed E-state index contributed by atoms with van der Waals surface area (Å²) in [5.74, 6) is -0.561. The third-order valence-electron chi connectivity index (χ3n) is 4.35. The molecule has 10 heteroatoms. The van der Waals surface area contributed by atoms with Crippen molar-refractivity contribution in [2.45, 2.75) is 31.8 Å². The van der Waals surface area contributed by atoms with Gasteiger partial charge in [-0.1, -0.05) is 6.92 Å². The fraction of sp³-hybridized carbons (Fsp3) is 0.500. The molecule has 0 aliphatic heterocycles. The fourth-order valence-corrected chi connectivity index (χ4v) is 2.93. The van der Waals surface area contributed by atoms with E-state index in [4.69, 9.17) is 9.84 Å². The Kier molecular flexibility index (Phi) is 6.34. The van der Waals surface area contributed by atoms with E-state index in [1.165, 1.54) is 25.3 Å². The Balaban J connectivity index is 1.89. The van der Waals surface area contributed by atoms with Gasteiger partial charge in [0.1, 0.15) is 5.75 Å². The molecule has 1 aliphatic carbocycles. The second-order valence-corrected chi connectivity index (χ2v) is 6.02. The summed E-state index contributed by atoms with van der Waals surface area (Å²) in [4.78, 5) is 35.1. The number of nitro groups is 1. The molecule has 0 saturated heterocycles. The van der Waals surface area contributed by atoms with Gasteiger partial charge in [0.2, 0.25) is 0 Å². The van der Waals surface area contributed by atoms with Crippen LogP contribution in [0.2, 0.25) is 0 Å². The van der Waals surface area contributed by atoms with Crippen LogP contribution in [0.5, 0.6) is 5.75 Å².